The highest BCUT2D eigenvalue weighted by Crippen LogP contribution is 2.24. The van der Waals surface area contributed by atoms with Crippen LogP contribution in [0.2, 0.25) is 0 Å². The van der Waals surface area contributed by atoms with Crippen LogP contribution in [0.4, 0.5) is 13.2 Å². The van der Waals surface area contributed by atoms with Crippen LogP contribution in [0.25, 0.3) is 0 Å². The van der Waals surface area contributed by atoms with E-state index in [2.05, 4.69) is 15.9 Å². The number of nitrogens with zero attached hydrogens (tertiary/aromatic N) is 1. The van der Waals surface area contributed by atoms with Crippen molar-refractivity contribution in [3.8, 4) is 0 Å². The summed E-state index contributed by atoms with van der Waals surface area (Å²) in [4.78, 5) is 13.4. The number of hydrogen-bond acceptors (Lipinski definition) is 1. The van der Waals surface area contributed by atoms with Crippen molar-refractivity contribution in [3.63, 3.8) is 0 Å². The average Bonchev–Trinajstić information content (AvgIpc) is 2.40. The Kier molecular flexibility index (Phi) is 6.25. The number of hydrogen-bond donors (Lipinski definition) is 0. The maximum absolute atomic E-state index is 12.8. The van der Waals surface area contributed by atoms with Gasteiger partial charge >= 0.3 is 6.18 Å². The van der Waals surface area contributed by atoms with Crippen LogP contribution in [0.15, 0.2) is 22.7 Å². The summed E-state index contributed by atoms with van der Waals surface area (Å²) in [5.74, 6) is -0.573. The number of halogens is 4. The molecule has 0 saturated heterocycles. The zero-order valence-electron chi connectivity index (χ0n) is 12.3. The first-order valence-electron chi connectivity index (χ1n) is 6.83. The summed E-state index contributed by atoms with van der Waals surface area (Å²) in [6.45, 7) is 4.16. The summed E-state index contributed by atoms with van der Waals surface area (Å²) < 4.78 is 39.1. The van der Waals surface area contributed by atoms with Gasteiger partial charge in [0.2, 0.25) is 0 Å². The largest absolute Gasteiger partial charge is 0.406 e. The zero-order valence-corrected chi connectivity index (χ0v) is 13.9. The smallest absolute Gasteiger partial charge is 0.327 e. The molecule has 0 aromatic heterocycles. The van der Waals surface area contributed by atoms with E-state index >= 15 is 0 Å². The number of carbonyl (C=O) groups excluding carboxylic acids is 1. The molecule has 1 aromatic rings. The molecule has 0 aliphatic heterocycles. The molecule has 0 spiro atoms. The standard InChI is InChI=1S/C15H19BrF3NO/c1-4-12(5-2)20(9-15(17,18)19)14(21)11-6-7-13(16)10(3)8-11/h6-8,12H,4-5,9H2,1-3H3. The van der Waals surface area contributed by atoms with Crippen LogP contribution >= 0.6 is 15.9 Å². The van der Waals surface area contributed by atoms with Crippen molar-refractivity contribution < 1.29 is 18.0 Å². The molecule has 0 atom stereocenters. The fourth-order valence-electron chi connectivity index (χ4n) is 2.23. The second kappa shape index (κ2) is 7.29. The third-order valence-corrected chi connectivity index (χ3v) is 4.29. The minimum Gasteiger partial charge on any atom is -0.327 e. The molecular formula is C15H19BrF3NO. The topological polar surface area (TPSA) is 20.3 Å². The Hall–Kier alpha value is -1.04. The van der Waals surface area contributed by atoms with Crippen molar-refractivity contribution in [1.82, 2.24) is 4.90 Å². The zero-order chi connectivity index (χ0) is 16.2. The molecule has 21 heavy (non-hydrogen) atoms. The average molecular weight is 366 g/mol. The van der Waals surface area contributed by atoms with Crippen LogP contribution in [-0.4, -0.2) is 29.6 Å². The van der Waals surface area contributed by atoms with Crippen LogP contribution in [0.1, 0.15) is 42.6 Å². The van der Waals surface area contributed by atoms with Gasteiger partial charge in [-0.3, -0.25) is 4.79 Å². The molecule has 0 aliphatic rings. The molecule has 0 bridgehead atoms. The van der Waals surface area contributed by atoms with E-state index in [1.807, 2.05) is 0 Å². The maximum atomic E-state index is 12.8. The minimum absolute atomic E-state index is 0.284. The molecule has 1 aromatic carbocycles. The monoisotopic (exact) mass is 365 g/mol. The van der Waals surface area contributed by atoms with Crippen LogP contribution in [0.5, 0.6) is 0 Å². The van der Waals surface area contributed by atoms with Crippen molar-refractivity contribution in [2.24, 2.45) is 0 Å². The van der Waals surface area contributed by atoms with Gasteiger partial charge in [0.1, 0.15) is 6.54 Å². The second-order valence-electron chi connectivity index (χ2n) is 4.98. The summed E-state index contributed by atoms with van der Waals surface area (Å²) >= 11 is 3.32. The maximum Gasteiger partial charge on any atom is 0.406 e. The van der Waals surface area contributed by atoms with Gasteiger partial charge in [-0.05, 0) is 43.5 Å². The Balaban J connectivity index is 3.11. The fourth-order valence-corrected chi connectivity index (χ4v) is 2.48. The van der Waals surface area contributed by atoms with E-state index in [9.17, 15) is 18.0 Å². The van der Waals surface area contributed by atoms with Gasteiger partial charge in [0.25, 0.3) is 5.91 Å². The molecule has 1 rings (SSSR count). The lowest BCUT2D eigenvalue weighted by atomic mass is 10.1. The first kappa shape index (κ1) is 18.0. The van der Waals surface area contributed by atoms with Crippen molar-refractivity contribution in [3.05, 3.63) is 33.8 Å². The van der Waals surface area contributed by atoms with Gasteiger partial charge in [-0.2, -0.15) is 13.2 Å². The summed E-state index contributed by atoms with van der Waals surface area (Å²) in [5.41, 5.74) is 1.10. The Labute approximate surface area is 131 Å². The quantitative estimate of drug-likeness (QED) is 0.722. The first-order chi connectivity index (χ1) is 9.69. The number of amides is 1. The van der Waals surface area contributed by atoms with Crippen molar-refractivity contribution in [2.45, 2.75) is 45.8 Å². The molecular weight excluding hydrogens is 347 g/mol. The fraction of sp³-hybridized carbons (Fsp3) is 0.533. The van der Waals surface area contributed by atoms with E-state index < -0.39 is 24.7 Å². The van der Waals surface area contributed by atoms with Gasteiger partial charge in [-0.25, -0.2) is 0 Å². The molecule has 0 fully saturated rings. The van der Waals surface area contributed by atoms with Gasteiger partial charge in [0, 0.05) is 16.1 Å². The third kappa shape index (κ3) is 5.02. The normalized spacial score (nSPS) is 11.8. The molecule has 118 valence electrons. The van der Waals surface area contributed by atoms with E-state index in [-0.39, 0.29) is 5.56 Å². The van der Waals surface area contributed by atoms with Crippen LogP contribution in [-0.2, 0) is 0 Å². The van der Waals surface area contributed by atoms with Crippen molar-refractivity contribution in [2.75, 3.05) is 6.54 Å². The van der Waals surface area contributed by atoms with Crippen molar-refractivity contribution >= 4 is 21.8 Å². The first-order valence-corrected chi connectivity index (χ1v) is 7.62. The predicted octanol–water partition coefficient (Wildman–Crippen LogP) is 4.95. The molecule has 0 saturated carbocycles. The van der Waals surface area contributed by atoms with Gasteiger partial charge in [0.15, 0.2) is 0 Å². The lowest BCUT2D eigenvalue weighted by Crippen LogP contribution is -2.45. The molecule has 1 amide bonds. The number of alkyl halides is 3. The molecule has 0 unspecified atom stereocenters. The van der Waals surface area contributed by atoms with E-state index in [0.29, 0.717) is 12.8 Å². The highest BCUT2D eigenvalue weighted by Gasteiger charge is 2.36. The highest BCUT2D eigenvalue weighted by atomic mass is 79.9. The summed E-state index contributed by atoms with van der Waals surface area (Å²) in [6, 6.07) is 4.42. The molecule has 0 N–H and O–H groups in total. The molecule has 6 heteroatoms. The predicted molar refractivity (Wildman–Crippen MR) is 80.3 cm³/mol. The molecule has 2 nitrogen and oxygen atoms in total. The van der Waals surface area contributed by atoms with Crippen LogP contribution in [0.3, 0.4) is 0 Å². The van der Waals surface area contributed by atoms with E-state index in [4.69, 9.17) is 0 Å². The number of rotatable bonds is 5. The Morgan fingerprint density at radius 3 is 2.29 bits per heavy atom. The van der Waals surface area contributed by atoms with E-state index in [1.54, 1.807) is 39.0 Å². The molecule has 0 aliphatic carbocycles. The van der Waals surface area contributed by atoms with Gasteiger partial charge in [-0.15, -0.1) is 0 Å². The van der Waals surface area contributed by atoms with Crippen LogP contribution in [0, 0.1) is 6.92 Å². The highest BCUT2D eigenvalue weighted by molar-refractivity contribution is 9.10. The molecule has 0 radical (unpaired) electrons. The second-order valence-corrected chi connectivity index (χ2v) is 5.84. The van der Waals surface area contributed by atoms with E-state index in [0.717, 1.165) is 14.9 Å². The SMILES string of the molecule is CCC(CC)N(CC(F)(F)F)C(=O)c1ccc(Br)c(C)c1. The van der Waals surface area contributed by atoms with E-state index in [1.165, 1.54) is 0 Å². The van der Waals surface area contributed by atoms with Gasteiger partial charge in [0.05, 0.1) is 0 Å². The lowest BCUT2D eigenvalue weighted by Gasteiger charge is -2.31. The summed E-state index contributed by atoms with van der Waals surface area (Å²) in [5, 5.41) is 0. The van der Waals surface area contributed by atoms with Crippen molar-refractivity contribution in [1.29, 1.82) is 0 Å². The van der Waals surface area contributed by atoms with Gasteiger partial charge < -0.3 is 4.90 Å². The molecule has 0 heterocycles. The Morgan fingerprint density at radius 2 is 1.86 bits per heavy atom. The Bertz CT molecular complexity index is 498. The van der Waals surface area contributed by atoms with Crippen LogP contribution < -0.4 is 0 Å². The van der Waals surface area contributed by atoms with Gasteiger partial charge in [-0.1, -0.05) is 29.8 Å². The number of benzene rings is 1. The summed E-state index contributed by atoms with van der Waals surface area (Å²) in [6.07, 6.45) is -3.41. The number of aryl methyl sites for hydroxylation is 1. The lowest BCUT2D eigenvalue weighted by molar-refractivity contribution is -0.144. The Morgan fingerprint density at radius 1 is 1.29 bits per heavy atom. The minimum atomic E-state index is -4.40. The number of carbonyl (C=O) groups is 1. The summed E-state index contributed by atoms with van der Waals surface area (Å²) in [7, 11) is 0. The third-order valence-electron chi connectivity index (χ3n) is 3.40.